The molecule has 0 amide bonds. The Bertz CT molecular complexity index is 936. The van der Waals surface area contributed by atoms with Gasteiger partial charge in [0.25, 0.3) is 0 Å². The zero-order chi connectivity index (χ0) is 18.1. The molecule has 0 bridgehead atoms. The molecule has 26 heavy (non-hydrogen) atoms. The van der Waals surface area contributed by atoms with Crippen molar-refractivity contribution < 1.29 is 0 Å². The highest BCUT2D eigenvalue weighted by Crippen LogP contribution is 2.31. The van der Waals surface area contributed by atoms with E-state index < -0.39 is 0 Å². The van der Waals surface area contributed by atoms with Crippen molar-refractivity contribution in [1.82, 2.24) is 15.0 Å². The lowest BCUT2D eigenvalue weighted by Crippen LogP contribution is -2.22. The van der Waals surface area contributed by atoms with Crippen LogP contribution in [-0.2, 0) is 13.0 Å². The highest BCUT2D eigenvalue weighted by molar-refractivity contribution is 5.61. The number of nitrogen functional groups attached to an aromatic ring is 1. The van der Waals surface area contributed by atoms with E-state index in [-0.39, 0.29) is 5.95 Å². The molecule has 0 fully saturated rings. The summed E-state index contributed by atoms with van der Waals surface area (Å²) in [7, 11) is 0. The maximum atomic E-state index is 5.91. The van der Waals surface area contributed by atoms with Gasteiger partial charge in [-0.25, -0.2) is 0 Å². The topological polar surface area (TPSA) is 80.0 Å². The molecule has 1 aliphatic rings. The fourth-order valence-electron chi connectivity index (χ4n) is 3.34. The second kappa shape index (κ2) is 6.63. The van der Waals surface area contributed by atoms with Gasteiger partial charge in [0.2, 0.25) is 11.9 Å². The van der Waals surface area contributed by atoms with E-state index in [0.29, 0.717) is 18.3 Å². The normalized spacial score (nSPS) is 12.9. The molecule has 4 rings (SSSR count). The summed E-state index contributed by atoms with van der Waals surface area (Å²) in [4.78, 5) is 15.4. The minimum atomic E-state index is 0.230. The van der Waals surface area contributed by atoms with Gasteiger partial charge in [-0.3, -0.25) is 0 Å². The Balaban J connectivity index is 1.56. The average molecular weight is 346 g/mol. The van der Waals surface area contributed by atoms with Crippen LogP contribution in [0.2, 0.25) is 0 Å². The average Bonchev–Trinajstić information content (AvgIpc) is 3.01. The van der Waals surface area contributed by atoms with Crippen LogP contribution in [0.25, 0.3) is 0 Å². The number of hydrogen-bond acceptors (Lipinski definition) is 6. The molecule has 1 aliphatic heterocycles. The predicted molar refractivity (Wildman–Crippen MR) is 105 cm³/mol. The Kier molecular flexibility index (Phi) is 4.16. The van der Waals surface area contributed by atoms with Gasteiger partial charge in [-0.1, -0.05) is 29.8 Å². The molecule has 6 nitrogen and oxygen atoms in total. The number of aryl methyl sites for hydroxylation is 2. The third-order valence-corrected chi connectivity index (χ3v) is 4.70. The van der Waals surface area contributed by atoms with Crippen LogP contribution in [0.1, 0.15) is 22.5 Å². The molecule has 132 valence electrons. The number of nitrogens with one attached hydrogen (secondary N) is 1. The first-order chi connectivity index (χ1) is 12.6. The number of hydrogen-bond donors (Lipinski definition) is 2. The molecule has 0 aliphatic carbocycles. The third kappa shape index (κ3) is 3.31. The van der Waals surface area contributed by atoms with Gasteiger partial charge in [0.05, 0.1) is 6.54 Å². The van der Waals surface area contributed by atoms with Gasteiger partial charge in [0.1, 0.15) is 0 Å². The van der Waals surface area contributed by atoms with Gasteiger partial charge in [-0.2, -0.15) is 15.0 Å². The Morgan fingerprint density at radius 1 is 1.04 bits per heavy atom. The number of nitrogens with two attached hydrogens (primary N) is 1. The van der Waals surface area contributed by atoms with Crippen LogP contribution in [-0.4, -0.2) is 21.5 Å². The van der Waals surface area contributed by atoms with Gasteiger partial charge in [-0.15, -0.1) is 0 Å². The molecule has 0 spiro atoms. The number of rotatable bonds is 4. The van der Waals surface area contributed by atoms with Crippen molar-refractivity contribution in [3.05, 3.63) is 65.0 Å². The molecule has 2 heterocycles. The van der Waals surface area contributed by atoms with E-state index in [4.69, 9.17) is 5.73 Å². The number of nitrogens with zero attached hydrogens (tertiary/aromatic N) is 4. The van der Waals surface area contributed by atoms with Gasteiger partial charge >= 0.3 is 0 Å². The van der Waals surface area contributed by atoms with E-state index in [1.807, 2.05) is 24.3 Å². The molecule has 0 radical (unpaired) electrons. The molecule has 0 saturated heterocycles. The zero-order valence-corrected chi connectivity index (χ0v) is 15.0. The monoisotopic (exact) mass is 346 g/mol. The SMILES string of the molecule is Cc1ccc(Nc2nc(N)nc(CN3CCc4c(C)cccc43)n2)cc1. The Morgan fingerprint density at radius 3 is 2.65 bits per heavy atom. The van der Waals surface area contributed by atoms with Crippen LogP contribution in [0.3, 0.4) is 0 Å². The van der Waals surface area contributed by atoms with E-state index in [2.05, 4.69) is 57.2 Å². The molecule has 1 aromatic heterocycles. The summed E-state index contributed by atoms with van der Waals surface area (Å²) in [5, 5.41) is 3.20. The van der Waals surface area contributed by atoms with E-state index in [9.17, 15) is 0 Å². The molecule has 2 aromatic carbocycles. The number of aromatic nitrogens is 3. The minimum absolute atomic E-state index is 0.230. The summed E-state index contributed by atoms with van der Waals surface area (Å²) in [5.41, 5.74) is 12.0. The van der Waals surface area contributed by atoms with Gasteiger partial charge in [-0.05, 0) is 49.6 Å². The second-order valence-corrected chi connectivity index (χ2v) is 6.67. The summed E-state index contributed by atoms with van der Waals surface area (Å²) in [6.45, 7) is 5.80. The number of anilines is 4. The lowest BCUT2D eigenvalue weighted by atomic mass is 10.1. The fourth-order valence-corrected chi connectivity index (χ4v) is 3.34. The van der Waals surface area contributed by atoms with E-state index in [0.717, 1.165) is 18.7 Å². The Morgan fingerprint density at radius 2 is 1.85 bits per heavy atom. The van der Waals surface area contributed by atoms with Crippen LogP contribution >= 0.6 is 0 Å². The maximum absolute atomic E-state index is 5.91. The van der Waals surface area contributed by atoms with Crippen LogP contribution in [0.4, 0.5) is 23.3 Å². The van der Waals surface area contributed by atoms with Gasteiger partial charge in [0, 0.05) is 17.9 Å². The van der Waals surface area contributed by atoms with E-state index in [1.54, 1.807) is 0 Å². The summed E-state index contributed by atoms with van der Waals surface area (Å²) < 4.78 is 0. The largest absolute Gasteiger partial charge is 0.368 e. The van der Waals surface area contributed by atoms with Crippen molar-refractivity contribution in [2.75, 3.05) is 22.5 Å². The first kappa shape index (κ1) is 16.3. The lowest BCUT2D eigenvalue weighted by molar-refractivity contribution is 0.780. The van der Waals surface area contributed by atoms with E-state index in [1.165, 1.54) is 22.4 Å². The standard InChI is InChI=1S/C20H22N6/c1-13-6-8-15(9-7-13)22-20-24-18(23-19(21)25-20)12-26-11-10-16-14(2)4-3-5-17(16)26/h3-9H,10-12H2,1-2H3,(H3,21,22,23,24,25). The molecular weight excluding hydrogens is 324 g/mol. The van der Waals surface area contributed by atoms with Gasteiger partial charge < -0.3 is 16.0 Å². The highest BCUT2D eigenvalue weighted by Gasteiger charge is 2.21. The fraction of sp³-hybridized carbons (Fsp3) is 0.250. The Hall–Kier alpha value is -3.15. The first-order valence-corrected chi connectivity index (χ1v) is 8.76. The van der Waals surface area contributed by atoms with Gasteiger partial charge in [0.15, 0.2) is 5.82 Å². The first-order valence-electron chi connectivity index (χ1n) is 8.76. The molecule has 3 N–H and O–H groups in total. The third-order valence-electron chi connectivity index (χ3n) is 4.70. The summed E-state index contributed by atoms with van der Waals surface area (Å²) in [6.07, 6.45) is 1.05. The Labute approximate surface area is 153 Å². The summed E-state index contributed by atoms with van der Waals surface area (Å²) in [5.74, 6) is 1.37. The van der Waals surface area contributed by atoms with Crippen molar-refractivity contribution in [2.45, 2.75) is 26.8 Å². The number of fused-ring (bicyclic) bond motifs is 1. The minimum Gasteiger partial charge on any atom is -0.368 e. The quantitative estimate of drug-likeness (QED) is 0.754. The second-order valence-electron chi connectivity index (χ2n) is 6.67. The van der Waals surface area contributed by atoms with Crippen molar-refractivity contribution in [2.24, 2.45) is 0 Å². The van der Waals surface area contributed by atoms with Crippen molar-refractivity contribution in [1.29, 1.82) is 0 Å². The predicted octanol–water partition coefficient (Wildman–Crippen LogP) is 3.38. The molecule has 6 heteroatoms. The molecule has 0 atom stereocenters. The van der Waals surface area contributed by atoms with Crippen molar-refractivity contribution in [3.63, 3.8) is 0 Å². The number of benzene rings is 2. The van der Waals surface area contributed by atoms with Crippen LogP contribution in [0.15, 0.2) is 42.5 Å². The van der Waals surface area contributed by atoms with Crippen LogP contribution in [0.5, 0.6) is 0 Å². The smallest absolute Gasteiger partial charge is 0.232 e. The molecule has 0 saturated carbocycles. The van der Waals surface area contributed by atoms with E-state index >= 15 is 0 Å². The van der Waals surface area contributed by atoms with Crippen molar-refractivity contribution >= 4 is 23.3 Å². The van der Waals surface area contributed by atoms with Crippen LogP contribution in [0, 0.1) is 13.8 Å². The van der Waals surface area contributed by atoms with Crippen molar-refractivity contribution in [3.8, 4) is 0 Å². The van der Waals surface area contributed by atoms with Crippen LogP contribution < -0.4 is 16.0 Å². The molecule has 0 unspecified atom stereocenters. The zero-order valence-electron chi connectivity index (χ0n) is 15.0. The summed E-state index contributed by atoms with van der Waals surface area (Å²) >= 11 is 0. The summed E-state index contributed by atoms with van der Waals surface area (Å²) in [6, 6.07) is 14.5. The maximum Gasteiger partial charge on any atom is 0.232 e. The molecular formula is C20H22N6. The molecule has 3 aromatic rings. The lowest BCUT2D eigenvalue weighted by Gasteiger charge is -2.19. The highest BCUT2D eigenvalue weighted by atomic mass is 15.2.